The first-order chi connectivity index (χ1) is 38.6. The van der Waals surface area contributed by atoms with Crippen molar-refractivity contribution >= 4 is 82.4 Å². The van der Waals surface area contributed by atoms with Gasteiger partial charge in [0.2, 0.25) is 0 Å². The molecule has 4 atom stereocenters. The van der Waals surface area contributed by atoms with Gasteiger partial charge in [-0.2, -0.15) is 0 Å². The minimum Gasteiger partial charge on any atom is -0.493 e. The van der Waals surface area contributed by atoms with E-state index in [1.165, 1.54) is 80.2 Å². The first kappa shape index (κ1) is 58.2. The molecular formula is C71H95N3O5. The molecule has 0 aliphatic carbocycles. The van der Waals surface area contributed by atoms with Crippen LogP contribution in [0.3, 0.4) is 0 Å². The highest BCUT2D eigenvalue weighted by atomic mass is 16.5. The summed E-state index contributed by atoms with van der Waals surface area (Å²) in [4.78, 5) is 52.2. The van der Waals surface area contributed by atoms with Crippen LogP contribution < -0.4 is 15.0 Å². The Bertz CT molecular complexity index is 3430. The molecule has 1 aliphatic heterocycles. The number of carbonyl (C=O) groups is 2. The standard InChI is InChI=1S/C71H95N3O5/c1-10-19-24-39-73-69(75)54-37-35-53-52-36-38-55-62-56(68-72-58-40-50(33-25-31-46(15-6)27-20-11-2)51(41-59(58)74(68)71(55)77)34-26-32-47(16-7)28-21-12-3)42-60(78-44-48(17-8)29-22-13-4)66(64(52)62)67-61(79-45-49(18-9)30-23-14-5)43-57(70(73)76)63(54)65(53)67/h35-38,40-43,46-49H,10-34,39,44-45H2,1-9H3. The summed E-state index contributed by atoms with van der Waals surface area (Å²) in [5.74, 6) is 3.00. The van der Waals surface area contributed by atoms with Crippen LogP contribution in [0.2, 0.25) is 0 Å². The van der Waals surface area contributed by atoms with Gasteiger partial charge in [0.05, 0.1) is 29.8 Å². The van der Waals surface area contributed by atoms with Crippen molar-refractivity contribution in [3.05, 3.63) is 81.1 Å². The second-order valence-corrected chi connectivity index (χ2v) is 24.1. The first-order valence-electron chi connectivity index (χ1n) is 32.1. The Morgan fingerprint density at radius 1 is 0.443 bits per heavy atom. The number of fused-ring (bicyclic) bond motifs is 6. The molecule has 4 unspecified atom stereocenters. The number of pyridine rings is 1. The maximum atomic E-state index is 15.7. The van der Waals surface area contributed by atoms with Crippen molar-refractivity contribution in [2.75, 3.05) is 19.8 Å². The molecule has 9 rings (SSSR count). The fraction of sp³-hybridized carbons (Fsp3) is 0.577. The molecule has 424 valence electrons. The second-order valence-electron chi connectivity index (χ2n) is 24.1. The van der Waals surface area contributed by atoms with Gasteiger partial charge in [0, 0.05) is 55.2 Å². The largest absolute Gasteiger partial charge is 0.493 e. The number of imidazole rings is 1. The molecule has 79 heavy (non-hydrogen) atoms. The highest BCUT2D eigenvalue weighted by molar-refractivity contribution is 6.43. The van der Waals surface area contributed by atoms with Gasteiger partial charge in [-0.3, -0.25) is 23.7 Å². The van der Waals surface area contributed by atoms with Gasteiger partial charge in [0.15, 0.2) is 0 Å². The molecule has 1 aliphatic rings. The van der Waals surface area contributed by atoms with Crippen LogP contribution in [0.4, 0.5) is 0 Å². The Morgan fingerprint density at radius 3 is 1.48 bits per heavy atom. The molecule has 8 heteroatoms. The lowest BCUT2D eigenvalue weighted by Gasteiger charge is -2.30. The number of amides is 2. The number of aryl methyl sites for hydroxylation is 2. The van der Waals surface area contributed by atoms with Crippen LogP contribution in [-0.2, 0) is 12.8 Å². The van der Waals surface area contributed by atoms with Crippen LogP contribution in [0.15, 0.2) is 53.3 Å². The van der Waals surface area contributed by atoms with Gasteiger partial charge in [0.1, 0.15) is 17.1 Å². The predicted molar refractivity (Wildman–Crippen MR) is 334 cm³/mol. The zero-order chi connectivity index (χ0) is 55.7. The average Bonchev–Trinajstić information content (AvgIpc) is 2.94. The number of carbonyl (C=O) groups excluding carboxylic acids is 2. The number of benzene rings is 6. The normalized spacial score (nSPS) is 14.7. The van der Waals surface area contributed by atoms with Gasteiger partial charge in [-0.15, -0.1) is 0 Å². The summed E-state index contributed by atoms with van der Waals surface area (Å²) in [6.45, 7) is 21.8. The van der Waals surface area contributed by atoms with Crippen LogP contribution in [0, 0.1) is 23.7 Å². The maximum absolute atomic E-state index is 15.7. The van der Waals surface area contributed by atoms with E-state index in [0.717, 1.165) is 168 Å². The molecule has 0 N–H and O–H groups in total. The minimum absolute atomic E-state index is 0.0682. The molecule has 8 aromatic rings. The summed E-state index contributed by atoms with van der Waals surface area (Å²) in [7, 11) is 0. The summed E-state index contributed by atoms with van der Waals surface area (Å²) in [6.07, 6.45) is 28.1. The molecule has 2 aromatic heterocycles. The van der Waals surface area contributed by atoms with E-state index in [4.69, 9.17) is 14.5 Å². The number of aromatic nitrogens is 2. The molecule has 8 nitrogen and oxygen atoms in total. The number of imide groups is 1. The van der Waals surface area contributed by atoms with Crippen molar-refractivity contribution in [3.63, 3.8) is 0 Å². The maximum Gasteiger partial charge on any atom is 0.264 e. The third-order valence-electron chi connectivity index (χ3n) is 18.9. The molecule has 0 radical (unpaired) electrons. The average molecular weight is 1070 g/mol. The number of hydrogen-bond acceptors (Lipinski definition) is 6. The molecule has 6 aromatic carbocycles. The van der Waals surface area contributed by atoms with Gasteiger partial charge >= 0.3 is 0 Å². The van der Waals surface area contributed by atoms with Gasteiger partial charge in [0.25, 0.3) is 17.4 Å². The molecule has 0 bridgehead atoms. The Kier molecular flexibility index (Phi) is 19.8. The van der Waals surface area contributed by atoms with Crippen molar-refractivity contribution in [2.45, 2.75) is 223 Å². The highest BCUT2D eigenvalue weighted by Crippen LogP contribution is 2.52. The van der Waals surface area contributed by atoms with Crippen molar-refractivity contribution in [1.29, 1.82) is 0 Å². The zero-order valence-corrected chi connectivity index (χ0v) is 50.1. The molecule has 0 spiro atoms. The lowest BCUT2D eigenvalue weighted by atomic mass is 9.83. The number of hydrogen-bond donors (Lipinski definition) is 0. The Labute approximate surface area is 472 Å². The predicted octanol–water partition coefficient (Wildman–Crippen LogP) is 19.5. The number of rotatable bonds is 34. The van der Waals surface area contributed by atoms with E-state index in [1.54, 1.807) is 0 Å². The van der Waals surface area contributed by atoms with Crippen molar-refractivity contribution in [2.24, 2.45) is 23.7 Å². The Balaban J connectivity index is 1.31. The quantitative estimate of drug-likeness (QED) is 0.0173. The van der Waals surface area contributed by atoms with Gasteiger partial charge in [-0.25, -0.2) is 4.98 Å². The highest BCUT2D eigenvalue weighted by Gasteiger charge is 2.36. The van der Waals surface area contributed by atoms with Crippen LogP contribution in [0.1, 0.15) is 242 Å². The molecule has 0 fully saturated rings. The van der Waals surface area contributed by atoms with Crippen LogP contribution in [-0.4, -0.2) is 45.9 Å². The van der Waals surface area contributed by atoms with E-state index in [1.807, 2.05) is 22.6 Å². The summed E-state index contributed by atoms with van der Waals surface area (Å²) >= 11 is 0. The monoisotopic (exact) mass is 1070 g/mol. The van der Waals surface area contributed by atoms with Crippen molar-refractivity contribution in [1.82, 2.24) is 14.3 Å². The van der Waals surface area contributed by atoms with Crippen molar-refractivity contribution in [3.8, 4) is 11.5 Å². The number of ether oxygens (including phenoxy) is 2. The number of nitrogens with zero attached hydrogens (tertiary/aromatic N) is 3. The van der Waals surface area contributed by atoms with E-state index in [2.05, 4.69) is 92.6 Å². The second kappa shape index (κ2) is 26.8. The van der Waals surface area contributed by atoms with Crippen molar-refractivity contribution < 1.29 is 19.1 Å². The Morgan fingerprint density at radius 2 is 0.924 bits per heavy atom. The topological polar surface area (TPSA) is 90.2 Å². The summed E-state index contributed by atoms with van der Waals surface area (Å²) in [5.41, 5.74) is 6.13. The molecule has 2 amide bonds. The minimum atomic E-state index is -0.264. The zero-order valence-electron chi connectivity index (χ0n) is 50.1. The molecule has 0 saturated heterocycles. The van der Waals surface area contributed by atoms with Crippen LogP contribution >= 0.6 is 0 Å². The van der Waals surface area contributed by atoms with E-state index in [-0.39, 0.29) is 17.4 Å². The summed E-state index contributed by atoms with van der Waals surface area (Å²) < 4.78 is 16.4. The van der Waals surface area contributed by atoms with Crippen LogP contribution in [0.5, 0.6) is 11.5 Å². The van der Waals surface area contributed by atoms with E-state index >= 15 is 4.79 Å². The smallest absolute Gasteiger partial charge is 0.264 e. The molecule has 0 saturated carbocycles. The third kappa shape index (κ3) is 11.7. The molecule has 3 heterocycles. The summed E-state index contributed by atoms with van der Waals surface area (Å²) in [6, 6.07) is 16.9. The number of unbranched alkanes of at least 4 members (excludes halogenated alkanes) is 6. The van der Waals surface area contributed by atoms with E-state index < -0.39 is 0 Å². The fourth-order valence-electron chi connectivity index (χ4n) is 13.7. The lowest BCUT2D eigenvalue weighted by molar-refractivity contribution is 0.0607. The lowest BCUT2D eigenvalue weighted by Crippen LogP contribution is -2.41. The fourth-order valence-corrected chi connectivity index (χ4v) is 13.7. The van der Waals surface area contributed by atoms with E-state index in [0.29, 0.717) is 64.9 Å². The Hall–Kier alpha value is -5.50. The third-order valence-corrected chi connectivity index (χ3v) is 18.9. The molecular weight excluding hydrogens is 975 g/mol. The van der Waals surface area contributed by atoms with Gasteiger partial charge in [-0.1, -0.05) is 190 Å². The summed E-state index contributed by atoms with van der Waals surface area (Å²) in [5, 5.41) is 8.47. The van der Waals surface area contributed by atoms with Gasteiger partial charge in [-0.05, 0) is 127 Å². The van der Waals surface area contributed by atoms with Gasteiger partial charge < -0.3 is 9.47 Å². The SMILES string of the molecule is CCCCCN1C(=O)c2ccc3c4ccc5c(=O)n6c7cc(CCCC(CC)CCCC)c(CCCC(CC)CCCC)cc7nc6c6cc(OCC(CC)CCCC)c(c7c(OCC(CC)CCCC)cc(c2c37)C1=O)c4c56. The first-order valence-corrected chi connectivity index (χ1v) is 32.1. The van der Waals surface area contributed by atoms with E-state index in [9.17, 15) is 9.59 Å². The van der Waals surface area contributed by atoms with Crippen LogP contribution in [0.25, 0.3) is 70.5 Å².